The largest absolute Gasteiger partial charge is 0.367 e. The second-order valence-electron chi connectivity index (χ2n) is 6.68. The summed E-state index contributed by atoms with van der Waals surface area (Å²) in [5.74, 6) is -0.00413. The molecule has 2 aromatic carbocycles. The van der Waals surface area contributed by atoms with Gasteiger partial charge in [-0.3, -0.25) is 0 Å². The lowest BCUT2D eigenvalue weighted by atomic mass is 10.2. The lowest BCUT2D eigenvalue weighted by molar-refractivity contribution is -0.353. The zero-order valence-electron chi connectivity index (χ0n) is 15.2. The van der Waals surface area contributed by atoms with Crippen LogP contribution in [0, 0.1) is 5.82 Å². The van der Waals surface area contributed by atoms with Gasteiger partial charge in [-0.15, -0.1) is 11.3 Å². The summed E-state index contributed by atoms with van der Waals surface area (Å²) in [7, 11) is -3.71. The highest BCUT2D eigenvalue weighted by Crippen LogP contribution is 2.33. The second-order valence-corrected chi connectivity index (χ2v) is 9.10. The Balaban J connectivity index is 1.54. The van der Waals surface area contributed by atoms with Crippen LogP contribution in [0.15, 0.2) is 58.3 Å². The first-order valence-corrected chi connectivity index (χ1v) is 11.4. The Morgan fingerprint density at radius 2 is 1.97 bits per heavy atom. The average Bonchev–Trinajstić information content (AvgIpc) is 3.35. The van der Waals surface area contributed by atoms with Crippen LogP contribution < -0.4 is 19.9 Å². The number of benzene rings is 2. The van der Waals surface area contributed by atoms with E-state index in [2.05, 4.69) is 15.0 Å². The van der Waals surface area contributed by atoms with Gasteiger partial charge in [0.25, 0.3) is 5.82 Å². The highest BCUT2D eigenvalue weighted by Gasteiger charge is 2.24. The molecule has 4 rings (SSSR count). The van der Waals surface area contributed by atoms with Gasteiger partial charge in [0.2, 0.25) is 0 Å². The summed E-state index contributed by atoms with van der Waals surface area (Å²) in [5.41, 5.74) is 3.50. The van der Waals surface area contributed by atoms with Crippen LogP contribution in [0.5, 0.6) is 0 Å². The van der Waals surface area contributed by atoms with E-state index in [1.165, 1.54) is 35.6 Å². The normalized spacial score (nSPS) is 16.8. The Bertz CT molecular complexity index is 1090. The molecule has 1 fully saturated rings. The molecule has 29 heavy (non-hydrogen) atoms. The summed E-state index contributed by atoms with van der Waals surface area (Å²) >= 11 is 1.35. The average molecular weight is 438 g/mol. The number of hydrogen-bond donors (Lipinski definition) is 2. The first-order chi connectivity index (χ1) is 13.9. The summed E-state index contributed by atoms with van der Waals surface area (Å²) < 4.78 is 54.7. The van der Waals surface area contributed by atoms with Crippen LogP contribution in [-0.2, 0) is 10.0 Å². The van der Waals surface area contributed by atoms with Gasteiger partial charge >= 0.3 is 10.0 Å². The molecule has 0 saturated carbocycles. The molecule has 0 spiro atoms. The number of thiazole rings is 1. The molecular weight excluding hydrogens is 418 g/mol. The zero-order valence-corrected chi connectivity index (χ0v) is 16.9. The number of rotatable bonds is 6. The van der Waals surface area contributed by atoms with E-state index >= 15 is 0 Å². The van der Waals surface area contributed by atoms with Gasteiger partial charge in [-0.05, 0) is 48.9 Å². The predicted molar refractivity (Wildman–Crippen MR) is 110 cm³/mol. The monoisotopic (exact) mass is 437 g/mol. The van der Waals surface area contributed by atoms with Crippen molar-refractivity contribution in [3.63, 3.8) is 0 Å². The standard InChI is InChI=1S/C19H18F2N4O2S2/c20-13-1-6-17(18(9-13)25-8-7-14(21)10-25)23-15-2-4-16(5-3-15)29(26,27)24-19-11-28-12-22-19/h1-6,9,11-12,14,23-24H,7-8,10H2/p+1/t14-/m1/s1. The van der Waals surface area contributed by atoms with E-state index in [0.717, 1.165) is 0 Å². The van der Waals surface area contributed by atoms with Crippen LogP contribution in [0.1, 0.15) is 6.42 Å². The van der Waals surface area contributed by atoms with Gasteiger partial charge in [0.05, 0.1) is 16.8 Å². The van der Waals surface area contributed by atoms with Crippen LogP contribution in [-0.4, -0.2) is 27.7 Å². The van der Waals surface area contributed by atoms with Crippen molar-refractivity contribution in [1.82, 2.24) is 0 Å². The number of nitrogens with one attached hydrogen (secondary N) is 3. The molecular formula is C19H19F2N4O2S2+. The minimum atomic E-state index is -3.71. The lowest BCUT2D eigenvalue weighted by Crippen LogP contribution is -2.21. The van der Waals surface area contributed by atoms with Crippen molar-refractivity contribution < 1.29 is 22.2 Å². The van der Waals surface area contributed by atoms with Crippen molar-refractivity contribution in [3.8, 4) is 0 Å². The van der Waals surface area contributed by atoms with Gasteiger partial charge in [-0.1, -0.05) is 0 Å². The van der Waals surface area contributed by atoms with Crippen LogP contribution in [0.2, 0.25) is 0 Å². The molecule has 6 nitrogen and oxygen atoms in total. The second kappa shape index (κ2) is 7.96. The fourth-order valence-corrected chi connectivity index (χ4v) is 4.79. The molecule has 10 heteroatoms. The van der Waals surface area contributed by atoms with E-state index in [-0.39, 0.29) is 11.4 Å². The molecule has 1 aliphatic heterocycles. The number of H-pyrrole nitrogens is 1. The topological polar surface area (TPSA) is 75.6 Å². The number of halogens is 2. The molecule has 0 bridgehead atoms. The summed E-state index contributed by atoms with van der Waals surface area (Å²) in [5, 5.41) is 4.82. The fourth-order valence-electron chi connectivity index (χ4n) is 3.17. The number of hydrogen-bond acceptors (Lipinski definition) is 5. The zero-order chi connectivity index (χ0) is 20.4. The molecule has 3 N–H and O–H groups in total. The maximum absolute atomic E-state index is 13.8. The maximum Gasteiger partial charge on any atom is 0.328 e. The molecule has 0 radical (unpaired) electrons. The van der Waals surface area contributed by atoms with Gasteiger partial charge in [-0.25, -0.2) is 13.8 Å². The van der Waals surface area contributed by atoms with Crippen LogP contribution in [0.3, 0.4) is 0 Å². The van der Waals surface area contributed by atoms with E-state index in [0.29, 0.717) is 35.8 Å². The fraction of sp³-hybridized carbons (Fsp3) is 0.211. The third kappa shape index (κ3) is 4.48. The van der Waals surface area contributed by atoms with Crippen LogP contribution in [0.4, 0.5) is 31.7 Å². The SMILES string of the molecule is O=S(=O)(Nc1csc[nH+]1)c1ccc(Nc2ccc(F)cc2N2CC[C@@H](F)C2)cc1. The number of alkyl halides is 1. The number of sulfonamides is 1. The number of aromatic nitrogens is 1. The molecule has 1 aliphatic rings. The van der Waals surface area contributed by atoms with Gasteiger partial charge in [0.1, 0.15) is 22.4 Å². The molecule has 2 heterocycles. The molecule has 1 atom stereocenters. The van der Waals surface area contributed by atoms with Gasteiger partial charge in [-0.2, -0.15) is 13.1 Å². The summed E-state index contributed by atoms with van der Waals surface area (Å²) in [6.45, 7) is 0.738. The number of nitrogens with zero attached hydrogens (tertiary/aromatic N) is 1. The highest BCUT2D eigenvalue weighted by atomic mass is 32.2. The van der Waals surface area contributed by atoms with Crippen molar-refractivity contribution >= 4 is 44.2 Å². The lowest BCUT2D eigenvalue weighted by Gasteiger charge is -2.22. The molecule has 1 aromatic heterocycles. The summed E-state index contributed by atoms with van der Waals surface area (Å²) in [6, 6.07) is 10.5. The molecule has 0 unspecified atom stereocenters. The van der Waals surface area contributed by atoms with E-state index < -0.39 is 22.0 Å². The van der Waals surface area contributed by atoms with Crippen LogP contribution >= 0.6 is 11.3 Å². The van der Waals surface area contributed by atoms with Crippen molar-refractivity contribution in [3.05, 3.63) is 59.2 Å². The van der Waals surface area contributed by atoms with E-state index in [1.54, 1.807) is 34.0 Å². The van der Waals surface area contributed by atoms with E-state index in [1.807, 2.05) is 0 Å². The Labute approximate surface area is 171 Å². The Hall–Kier alpha value is -2.72. The first-order valence-electron chi connectivity index (χ1n) is 8.93. The highest BCUT2D eigenvalue weighted by molar-refractivity contribution is 7.92. The number of anilines is 4. The Kier molecular flexibility index (Phi) is 5.37. The van der Waals surface area contributed by atoms with E-state index in [9.17, 15) is 17.2 Å². The van der Waals surface area contributed by atoms with Crippen molar-refractivity contribution in [2.45, 2.75) is 17.5 Å². The summed E-state index contributed by atoms with van der Waals surface area (Å²) in [4.78, 5) is 4.72. The third-order valence-electron chi connectivity index (χ3n) is 4.59. The summed E-state index contributed by atoms with van der Waals surface area (Å²) in [6.07, 6.45) is -0.513. The maximum atomic E-state index is 13.8. The molecule has 0 aliphatic carbocycles. The quantitative estimate of drug-likeness (QED) is 0.615. The predicted octanol–water partition coefficient (Wildman–Crippen LogP) is 3.79. The van der Waals surface area contributed by atoms with Gasteiger partial charge in [0, 0.05) is 18.8 Å². The third-order valence-corrected chi connectivity index (χ3v) is 6.59. The Morgan fingerprint density at radius 3 is 2.62 bits per heavy atom. The molecule has 152 valence electrons. The van der Waals surface area contributed by atoms with Gasteiger partial charge < -0.3 is 10.2 Å². The minimum Gasteiger partial charge on any atom is -0.367 e. The molecule has 0 amide bonds. The molecule has 3 aromatic rings. The smallest absolute Gasteiger partial charge is 0.328 e. The molecule has 1 saturated heterocycles. The van der Waals surface area contributed by atoms with Crippen molar-refractivity contribution in [2.24, 2.45) is 0 Å². The van der Waals surface area contributed by atoms with Crippen molar-refractivity contribution in [1.29, 1.82) is 0 Å². The number of aromatic amines is 1. The van der Waals surface area contributed by atoms with Crippen LogP contribution in [0.25, 0.3) is 0 Å². The first kappa shape index (κ1) is 19.6. The Morgan fingerprint density at radius 1 is 1.17 bits per heavy atom. The minimum absolute atomic E-state index is 0.113. The van der Waals surface area contributed by atoms with Crippen molar-refractivity contribution in [2.75, 3.05) is 28.0 Å². The van der Waals surface area contributed by atoms with Gasteiger partial charge in [0.15, 0.2) is 0 Å². The van der Waals surface area contributed by atoms with E-state index in [4.69, 9.17) is 0 Å².